The third kappa shape index (κ3) is 5.20. The zero-order chi connectivity index (χ0) is 11.9. The first-order valence-electron chi connectivity index (χ1n) is 5.89. The van der Waals surface area contributed by atoms with Crippen LogP contribution in [0.2, 0.25) is 0 Å². The number of nitrogens with zero attached hydrogens (tertiary/aromatic N) is 2. The molecule has 0 aliphatic carbocycles. The first-order valence-corrected chi connectivity index (χ1v) is 8.82. The van der Waals surface area contributed by atoms with Gasteiger partial charge < -0.3 is 0 Å². The Bertz CT molecular complexity index is 326. The number of rotatable bonds is 6. The maximum absolute atomic E-state index is 4.36. The lowest BCUT2D eigenvalue weighted by atomic mass is 10.3. The minimum absolute atomic E-state index is 1.05. The van der Waals surface area contributed by atoms with Crippen LogP contribution in [-0.2, 0) is 0 Å². The molecule has 0 spiro atoms. The average Bonchev–Trinajstić information content (AvgIpc) is 2.84. The van der Waals surface area contributed by atoms with E-state index in [0.717, 1.165) is 9.50 Å². The molecule has 0 aromatic carbocycles. The van der Waals surface area contributed by atoms with Gasteiger partial charge in [-0.1, -0.05) is 0 Å². The average molecular weight is 333 g/mol. The van der Waals surface area contributed by atoms with Gasteiger partial charge in [0.15, 0.2) is 0 Å². The second kappa shape index (κ2) is 7.67. The van der Waals surface area contributed by atoms with E-state index in [1.807, 2.05) is 18.0 Å². The van der Waals surface area contributed by atoms with Gasteiger partial charge in [0, 0.05) is 28.8 Å². The molecule has 94 valence electrons. The molecule has 2 rings (SSSR count). The molecule has 2 nitrogen and oxygen atoms in total. The Kier molecular flexibility index (Phi) is 6.18. The maximum atomic E-state index is 4.36. The van der Waals surface area contributed by atoms with Gasteiger partial charge >= 0.3 is 0 Å². The molecule has 2 heterocycles. The highest BCUT2D eigenvalue weighted by molar-refractivity contribution is 9.10. The van der Waals surface area contributed by atoms with Crippen molar-refractivity contribution in [3.05, 3.63) is 22.8 Å². The van der Waals surface area contributed by atoms with Crippen molar-refractivity contribution in [2.24, 2.45) is 0 Å². The Morgan fingerprint density at radius 1 is 1.41 bits per heavy atom. The van der Waals surface area contributed by atoms with Crippen LogP contribution >= 0.6 is 39.5 Å². The largest absolute Gasteiger partial charge is 0.293 e. The Balaban J connectivity index is 1.55. The lowest BCUT2D eigenvalue weighted by Gasteiger charge is -2.12. The molecule has 1 aromatic heterocycles. The van der Waals surface area contributed by atoms with Crippen molar-refractivity contribution < 1.29 is 0 Å². The predicted molar refractivity (Wildman–Crippen MR) is 80.8 cm³/mol. The minimum Gasteiger partial charge on any atom is -0.293 e. The summed E-state index contributed by atoms with van der Waals surface area (Å²) < 4.78 is 1.05. The zero-order valence-corrected chi connectivity index (χ0v) is 13.0. The first kappa shape index (κ1) is 13.7. The van der Waals surface area contributed by atoms with E-state index in [2.05, 4.69) is 49.7 Å². The molecule has 5 heteroatoms. The van der Waals surface area contributed by atoms with Crippen LogP contribution in [0, 0.1) is 0 Å². The summed E-state index contributed by atoms with van der Waals surface area (Å²) in [6.07, 6.45) is 4.46. The van der Waals surface area contributed by atoms with E-state index in [0.29, 0.717) is 0 Å². The van der Waals surface area contributed by atoms with Crippen molar-refractivity contribution in [1.29, 1.82) is 0 Å². The Labute approximate surface area is 120 Å². The van der Waals surface area contributed by atoms with Gasteiger partial charge in [0.1, 0.15) is 0 Å². The van der Waals surface area contributed by atoms with Crippen molar-refractivity contribution in [1.82, 2.24) is 9.88 Å². The molecule has 17 heavy (non-hydrogen) atoms. The standard InChI is InChI=1S/C12H17BrN2S2/c13-11-3-4-12(14-9-11)17-7-2-1-5-15-6-8-16-10-15/h3-4,9H,1-2,5-8,10H2. The summed E-state index contributed by atoms with van der Waals surface area (Å²) in [5, 5.41) is 1.13. The van der Waals surface area contributed by atoms with E-state index in [1.165, 1.54) is 43.3 Å². The SMILES string of the molecule is Brc1ccc(SCCCCN2CCSC2)nc1. The minimum atomic E-state index is 1.05. The van der Waals surface area contributed by atoms with Gasteiger partial charge in [0.25, 0.3) is 0 Å². The van der Waals surface area contributed by atoms with Crippen LogP contribution < -0.4 is 0 Å². The molecule has 0 amide bonds. The highest BCUT2D eigenvalue weighted by atomic mass is 79.9. The number of halogens is 1. The van der Waals surface area contributed by atoms with E-state index in [-0.39, 0.29) is 0 Å². The summed E-state index contributed by atoms with van der Waals surface area (Å²) in [4.78, 5) is 6.90. The van der Waals surface area contributed by atoms with E-state index in [4.69, 9.17) is 0 Å². The fourth-order valence-corrected chi connectivity index (χ4v) is 3.81. The molecule has 1 aliphatic heterocycles. The highest BCUT2D eigenvalue weighted by Crippen LogP contribution is 2.19. The molecule has 1 fully saturated rings. The van der Waals surface area contributed by atoms with Crippen LogP contribution in [0.1, 0.15) is 12.8 Å². The van der Waals surface area contributed by atoms with Crippen LogP contribution in [0.5, 0.6) is 0 Å². The van der Waals surface area contributed by atoms with Crippen molar-refractivity contribution in [2.75, 3.05) is 30.5 Å². The summed E-state index contributed by atoms with van der Waals surface area (Å²) in [5.41, 5.74) is 0. The molecular weight excluding hydrogens is 316 g/mol. The van der Waals surface area contributed by atoms with E-state index in [1.54, 1.807) is 0 Å². The number of pyridine rings is 1. The lowest BCUT2D eigenvalue weighted by Crippen LogP contribution is -2.20. The van der Waals surface area contributed by atoms with Gasteiger partial charge in [-0.15, -0.1) is 23.5 Å². The van der Waals surface area contributed by atoms with Crippen molar-refractivity contribution >= 4 is 39.5 Å². The number of hydrogen-bond donors (Lipinski definition) is 0. The van der Waals surface area contributed by atoms with E-state index in [9.17, 15) is 0 Å². The molecule has 1 saturated heterocycles. The quantitative estimate of drug-likeness (QED) is 0.582. The fourth-order valence-electron chi connectivity index (χ4n) is 1.69. The summed E-state index contributed by atoms with van der Waals surface area (Å²) in [6.45, 7) is 2.55. The highest BCUT2D eigenvalue weighted by Gasteiger charge is 2.10. The van der Waals surface area contributed by atoms with Gasteiger partial charge in [0.2, 0.25) is 0 Å². The maximum Gasteiger partial charge on any atom is 0.0960 e. The van der Waals surface area contributed by atoms with Crippen molar-refractivity contribution in [3.8, 4) is 0 Å². The fraction of sp³-hybridized carbons (Fsp3) is 0.583. The van der Waals surface area contributed by atoms with Gasteiger partial charge in [-0.25, -0.2) is 4.98 Å². The van der Waals surface area contributed by atoms with Gasteiger partial charge in [-0.2, -0.15) is 0 Å². The smallest absolute Gasteiger partial charge is 0.0960 e. The monoisotopic (exact) mass is 332 g/mol. The van der Waals surface area contributed by atoms with Crippen molar-refractivity contribution in [2.45, 2.75) is 17.9 Å². The summed E-state index contributed by atoms with van der Waals surface area (Å²) in [5.74, 6) is 3.73. The number of aromatic nitrogens is 1. The van der Waals surface area contributed by atoms with Crippen LogP contribution in [-0.4, -0.2) is 40.4 Å². The van der Waals surface area contributed by atoms with Crippen LogP contribution in [0.3, 0.4) is 0 Å². The second-order valence-corrected chi connectivity index (χ2v) is 7.13. The van der Waals surface area contributed by atoms with Crippen LogP contribution in [0.15, 0.2) is 27.8 Å². The molecule has 0 unspecified atom stereocenters. The molecule has 0 bridgehead atoms. The lowest BCUT2D eigenvalue weighted by molar-refractivity contribution is 0.349. The number of thioether (sulfide) groups is 2. The third-order valence-corrected chi connectivity index (χ3v) is 5.16. The predicted octanol–water partition coefficient (Wildman–Crippen LogP) is 3.72. The van der Waals surface area contributed by atoms with Gasteiger partial charge in [-0.3, -0.25) is 4.90 Å². The van der Waals surface area contributed by atoms with E-state index < -0.39 is 0 Å². The Morgan fingerprint density at radius 2 is 2.35 bits per heavy atom. The Morgan fingerprint density at radius 3 is 3.06 bits per heavy atom. The zero-order valence-electron chi connectivity index (χ0n) is 9.77. The summed E-state index contributed by atoms with van der Waals surface area (Å²) >= 11 is 7.30. The molecule has 0 N–H and O–H groups in total. The van der Waals surface area contributed by atoms with Crippen LogP contribution in [0.25, 0.3) is 0 Å². The summed E-state index contributed by atoms with van der Waals surface area (Å²) in [6, 6.07) is 4.13. The summed E-state index contributed by atoms with van der Waals surface area (Å²) in [7, 11) is 0. The molecule has 0 saturated carbocycles. The van der Waals surface area contributed by atoms with Crippen LogP contribution in [0.4, 0.5) is 0 Å². The Hall–Kier alpha value is 0.290. The molecule has 1 aliphatic rings. The van der Waals surface area contributed by atoms with Gasteiger partial charge in [-0.05, 0) is 53.2 Å². The molecule has 1 aromatic rings. The molecular formula is C12H17BrN2S2. The number of unbranched alkanes of at least 4 members (excludes halogenated alkanes) is 1. The molecule has 0 radical (unpaired) electrons. The normalized spacial score (nSPS) is 16.5. The topological polar surface area (TPSA) is 16.1 Å². The third-order valence-electron chi connectivity index (χ3n) is 2.64. The first-order chi connectivity index (χ1) is 8.34. The second-order valence-electron chi connectivity index (χ2n) is 4.03. The number of hydrogen-bond acceptors (Lipinski definition) is 4. The molecule has 0 atom stereocenters. The van der Waals surface area contributed by atoms with E-state index >= 15 is 0 Å². The van der Waals surface area contributed by atoms with Crippen molar-refractivity contribution in [3.63, 3.8) is 0 Å². The van der Waals surface area contributed by atoms with Gasteiger partial charge in [0.05, 0.1) is 5.03 Å².